The summed E-state index contributed by atoms with van der Waals surface area (Å²) in [5, 5.41) is 0. The van der Waals surface area contributed by atoms with Crippen molar-refractivity contribution >= 4 is 0 Å². The molecule has 1 aliphatic rings. The van der Waals surface area contributed by atoms with Gasteiger partial charge in [0.1, 0.15) is 0 Å². The van der Waals surface area contributed by atoms with Crippen molar-refractivity contribution < 1.29 is 4.74 Å². The molecule has 14 heavy (non-hydrogen) atoms. The molecule has 1 nitrogen and oxygen atoms in total. The first-order valence-electron chi connectivity index (χ1n) is 6.03. The minimum atomic E-state index is 0.360. The minimum Gasteiger partial charge on any atom is -0.378 e. The van der Waals surface area contributed by atoms with E-state index < -0.39 is 0 Å². The number of hydrogen-bond acceptors (Lipinski definition) is 1. The van der Waals surface area contributed by atoms with Crippen LogP contribution in [0.1, 0.15) is 60.3 Å². The van der Waals surface area contributed by atoms with E-state index in [2.05, 4.69) is 34.6 Å². The zero-order valence-electron chi connectivity index (χ0n) is 10.5. The largest absolute Gasteiger partial charge is 0.378 e. The Hall–Kier alpha value is -0.0400. The van der Waals surface area contributed by atoms with Crippen LogP contribution in [-0.4, -0.2) is 12.7 Å². The minimum absolute atomic E-state index is 0.360. The normalized spacial score (nSPS) is 28.5. The molecule has 0 spiro atoms. The van der Waals surface area contributed by atoms with Crippen molar-refractivity contribution in [3.63, 3.8) is 0 Å². The van der Waals surface area contributed by atoms with E-state index in [1.807, 2.05) is 0 Å². The van der Waals surface area contributed by atoms with Gasteiger partial charge in [-0.15, -0.1) is 0 Å². The molecule has 1 unspecified atom stereocenters. The standard InChI is InChI=1S/C13H26O/c1-6-7-8-9-14-11-10-12(2,3)13(11,4)5/h11H,6-10H2,1-5H3. The van der Waals surface area contributed by atoms with Crippen molar-refractivity contribution in [2.75, 3.05) is 6.61 Å². The molecular formula is C13H26O. The summed E-state index contributed by atoms with van der Waals surface area (Å²) in [7, 11) is 0. The van der Waals surface area contributed by atoms with Crippen LogP contribution in [0.25, 0.3) is 0 Å². The van der Waals surface area contributed by atoms with Gasteiger partial charge in [-0.1, -0.05) is 47.5 Å². The molecule has 84 valence electrons. The Morgan fingerprint density at radius 1 is 1.14 bits per heavy atom. The Morgan fingerprint density at radius 2 is 1.79 bits per heavy atom. The van der Waals surface area contributed by atoms with Gasteiger partial charge < -0.3 is 4.74 Å². The van der Waals surface area contributed by atoms with Gasteiger partial charge in [0.2, 0.25) is 0 Å². The molecule has 0 N–H and O–H groups in total. The lowest BCUT2D eigenvalue weighted by molar-refractivity contribution is -0.181. The highest BCUT2D eigenvalue weighted by molar-refractivity contribution is 5.03. The van der Waals surface area contributed by atoms with Crippen molar-refractivity contribution in [2.24, 2.45) is 10.8 Å². The number of ether oxygens (including phenoxy) is 1. The van der Waals surface area contributed by atoms with Crippen molar-refractivity contribution in [3.05, 3.63) is 0 Å². The van der Waals surface area contributed by atoms with E-state index in [1.54, 1.807) is 0 Å². The summed E-state index contributed by atoms with van der Waals surface area (Å²) in [5.41, 5.74) is 0.821. The summed E-state index contributed by atoms with van der Waals surface area (Å²) < 4.78 is 5.93. The SMILES string of the molecule is CCCCCOC1CC(C)(C)C1(C)C. The second-order valence-electron chi connectivity index (χ2n) is 5.88. The topological polar surface area (TPSA) is 9.23 Å². The number of rotatable bonds is 5. The summed E-state index contributed by atoms with van der Waals surface area (Å²) in [4.78, 5) is 0. The lowest BCUT2D eigenvalue weighted by Gasteiger charge is -2.58. The van der Waals surface area contributed by atoms with Crippen LogP contribution >= 0.6 is 0 Å². The molecule has 0 saturated heterocycles. The average molecular weight is 198 g/mol. The van der Waals surface area contributed by atoms with Gasteiger partial charge >= 0.3 is 0 Å². The highest BCUT2D eigenvalue weighted by Gasteiger charge is 2.54. The van der Waals surface area contributed by atoms with Gasteiger partial charge in [0.05, 0.1) is 6.10 Å². The molecule has 0 aromatic heterocycles. The molecule has 0 bridgehead atoms. The van der Waals surface area contributed by atoms with E-state index >= 15 is 0 Å². The zero-order chi connectivity index (χ0) is 10.8. The predicted molar refractivity (Wildman–Crippen MR) is 61.4 cm³/mol. The van der Waals surface area contributed by atoms with Gasteiger partial charge in [-0.05, 0) is 23.7 Å². The Labute approximate surface area is 89.2 Å². The highest BCUT2D eigenvalue weighted by atomic mass is 16.5. The summed E-state index contributed by atoms with van der Waals surface area (Å²) in [6.45, 7) is 12.5. The van der Waals surface area contributed by atoms with Crippen LogP contribution in [0, 0.1) is 10.8 Å². The summed E-state index contributed by atoms with van der Waals surface area (Å²) in [6.07, 6.45) is 5.53. The maximum absolute atomic E-state index is 5.93. The fourth-order valence-corrected chi connectivity index (χ4v) is 2.13. The summed E-state index contributed by atoms with van der Waals surface area (Å²) in [5.74, 6) is 0. The van der Waals surface area contributed by atoms with E-state index in [1.165, 1.54) is 25.7 Å². The molecule has 1 rings (SSSR count). The molecule has 0 radical (unpaired) electrons. The Bertz CT molecular complexity index is 182. The fraction of sp³-hybridized carbons (Fsp3) is 1.00. The maximum atomic E-state index is 5.93. The van der Waals surface area contributed by atoms with Crippen molar-refractivity contribution in [2.45, 2.75) is 66.4 Å². The van der Waals surface area contributed by atoms with E-state index in [-0.39, 0.29) is 0 Å². The molecule has 1 aliphatic carbocycles. The third kappa shape index (κ3) is 2.13. The van der Waals surface area contributed by atoms with Crippen LogP contribution in [0.5, 0.6) is 0 Å². The fourth-order valence-electron chi connectivity index (χ4n) is 2.13. The Balaban J connectivity index is 2.23. The third-order valence-electron chi connectivity index (χ3n) is 4.31. The molecule has 0 aromatic rings. The first-order chi connectivity index (χ1) is 6.42. The maximum Gasteiger partial charge on any atom is 0.0636 e. The van der Waals surface area contributed by atoms with Gasteiger partial charge in [0.25, 0.3) is 0 Å². The van der Waals surface area contributed by atoms with Gasteiger partial charge in [0, 0.05) is 6.61 Å². The van der Waals surface area contributed by atoms with Crippen LogP contribution in [0.3, 0.4) is 0 Å². The molecule has 0 heterocycles. The Morgan fingerprint density at radius 3 is 2.21 bits per heavy atom. The number of hydrogen-bond donors (Lipinski definition) is 0. The molecule has 0 amide bonds. The molecule has 1 heteroatoms. The second kappa shape index (κ2) is 4.22. The summed E-state index contributed by atoms with van der Waals surface area (Å²) >= 11 is 0. The van der Waals surface area contributed by atoms with Gasteiger partial charge in [-0.3, -0.25) is 0 Å². The lowest BCUT2D eigenvalue weighted by Crippen LogP contribution is -2.56. The number of unbranched alkanes of at least 4 members (excludes halogenated alkanes) is 2. The quantitative estimate of drug-likeness (QED) is 0.606. The van der Waals surface area contributed by atoms with Gasteiger partial charge in [-0.25, -0.2) is 0 Å². The monoisotopic (exact) mass is 198 g/mol. The van der Waals surface area contributed by atoms with Crippen LogP contribution < -0.4 is 0 Å². The van der Waals surface area contributed by atoms with Crippen molar-refractivity contribution in [1.82, 2.24) is 0 Å². The van der Waals surface area contributed by atoms with E-state index in [0.29, 0.717) is 16.9 Å². The van der Waals surface area contributed by atoms with E-state index in [9.17, 15) is 0 Å². The van der Waals surface area contributed by atoms with Crippen LogP contribution in [0.15, 0.2) is 0 Å². The van der Waals surface area contributed by atoms with Crippen molar-refractivity contribution in [3.8, 4) is 0 Å². The first kappa shape index (κ1) is 12.0. The third-order valence-corrected chi connectivity index (χ3v) is 4.31. The highest BCUT2D eigenvalue weighted by Crippen LogP contribution is 2.57. The summed E-state index contributed by atoms with van der Waals surface area (Å²) in [6, 6.07) is 0. The lowest BCUT2D eigenvalue weighted by atomic mass is 9.51. The molecule has 1 saturated carbocycles. The van der Waals surface area contributed by atoms with E-state index in [4.69, 9.17) is 4.74 Å². The second-order valence-corrected chi connectivity index (χ2v) is 5.88. The van der Waals surface area contributed by atoms with Crippen LogP contribution in [0.2, 0.25) is 0 Å². The molecule has 0 aliphatic heterocycles. The first-order valence-corrected chi connectivity index (χ1v) is 6.03. The van der Waals surface area contributed by atoms with E-state index in [0.717, 1.165) is 6.61 Å². The molecule has 0 aromatic carbocycles. The predicted octanol–water partition coefficient (Wildman–Crippen LogP) is 4.02. The van der Waals surface area contributed by atoms with Crippen LogP contribution in [0.4, 0.5) is 0 Å². The molecule has 1 fully saturated rings. The van der Waals surface area contributed by atoms with Crippen molar-refractivity contribution in [1.29, 1.82) is 0 Å². The van der Waals surface area contributed by atoms with Gasteiger partial charge in [-0.2, -0.15) is 0 Å². The smallest absolute Gasteiger partial charge is 0.0636 e. The molecule has 1 atom stereocenters. The molecular weight excluding hydrogens is 172 g/mol. The van der Waals surface area contributed by atoms with Gasteiger partial charge in [0.15, 0.2) is 0 Å². The van der Waals surface area contributed by atoms with Crippen LogP contribution in [-0.2, 0) is 4.74 Å². The zero-order valence-corrected chi connectivity index (χ0v) is 10.5. The Kier molecular flexibility index (Phi) is 3.63. The average Bonchev–Trinajstić information content (AvgIpc) is 2.10.